The van der Waals surface area contributed by atoms with Gasteiger partial charge < -0.3 is 10.1 Å². The Bertz CT molecular complexity index is 1450. The largest absolute Gasteiger partial charge is 0.497 e. The van der Waals surface area contributed by atoms with Crippen molar-refractivity contribution in [2.75, 3.05) is 18.2 Å². The Labute approximate surface area is 201 Å². The van der Waals surface area contributed by atoms with Crippen LogP contribution in [0.2, 0.25) is 0 Å². The molecule has 0 spiro atoms. The highest BCUT2D eigenvalue weighted by Gasteiger charge is 2.21. The Morgan fingerprint density at radius 3 is 2.44 bits per heavy atom. The number of methoxy groups -OCH3 is 1. The van der Waals surface area contributed by atoms with Gasteiger partial charge >= 0.3 is 0 Å². The van der Waals surface area contributed by atoms with Crippen molar-refractivity contribution in [3.8, 4) is 17.5 Å². The van der Waals surface area contributed by atoms with Gasteiger partial charge in [0.2, 0.25) is 11.1 Å². The number of amides is 1. The second-order valence-corrected chi connectivity index (χ2v) is 8.87. The number of benzene rings is 1. The number of nitrogens with one attached hydrogen (secondary N) is 1. The first kappa shape index (κ1) is 23.3. The van der Waals surface area contributed by atoms with Crippen molar-refractivity contribution in [1.29, 1.82) is 5.26 Å². The number of hydrogen-bond acceptors (Lipinski definition) is 7. The minimum atomic E-state index is -0.260. The third-order valence-corrected chi connectivity index (χ3v) is 6.83. The number of fused-ring (bicyclic) bond motifs is 1. The van der Waals surface area contributed by atoms with E-state index in [1.807, 2.05) is 63.5 Å². The fourth-order valence-corrected chi connectivity index (χ4v) is 4.33. The van der Waals surface area contributed by atoms with E-state index in [1.165, 1.54) is 11.8 Å². The summed E-state index contributed by atoms with van der Waals surface area (Å²) in [7, 11) is 1.61. The van der Waals surface area contributed by atoms with Gasteiger partial charge in [0.25, 0.3) is 5.78 Å². The summed E-state index contributed by atoms with van der Waals surface area (Å²) in [5, 5.41) is 17.6. The number of nitrogens with zero attached hydrogens (tertiary/aromatic N) is 6. The van der Waals surface area contributed by atoms with Gasteiger partial charge in [-0.25, -0.2) is 9.50 Å². The molecule has 10 heteroatoms. The Balaban J connectivity index is 1.58. The van der Waals surface area contributed by atoms with Crippen LogP contribution < -0.4 is 10.1 Å². The van der Waals surface area contributed by atoms with Crippen molar-refractivity contribution in [3.05, 3.63) is 58.0 Å². The summed E-state index contributed by atoms with van der Waals surface area (Å²) in [5.74, 6) is 1.51. The first-order valence-corrected chi connectivity index (χ1v) is 11.6. The Kier molecular flexibility index (Phi) is 6.30. The lowest BCUT2D eigenvalue weighted by atomic mass is 10.2. The molecule has 3 aromatic heterocycles. The number of aromatic nitrogens is 5. The van der Waals surface area contributed by atoms with Crippen LogP contribution in [0.15, 0.2) is 29.4 Å². The minimum Gasteiger partial charge on any atom is -0.497 e. The zero-order chi connectivity index (χ0) is 24.6. The zero-order valence-corrected chi connectivity index (χ0v) is 20.7. The topological polar surface area (TPSA) is 110 Å². The number of carbonyl (C=O) groups excluding carboxylic acids is 1. The van der Waals surface area contributed by atoms with E-state index < -0.39 is 0 Å². The Hall–Kier alpha value is -3.84. The van der Waals surface area contributed by atoms with Crippen LogP contribution in [-0.4, -0.2) is 42.9 Å². The molecular formula is C24H25N7O2S. The number of thioether (sulfide) groups is 1. The Morgan fingerprint density at radius 1 is 1.09 bits per heavy atom. The molecule has 34 heavy (non-hydrogen) atoms. The molecule has 9 nitrogen and oxygen atoms in total. The molecule has 4 aromatic rings. The summed E-state index contributed by atoms with van der Waals surface area (Å²) < 4.78 is 8.81. The van der Waals surface area contributed by atoms with Crippen LogP contribution >= 0.6 is 11.8 Å². The molecule has 0 aliphatic rings. The molecular weight excluding hydrogens is 450 g/mol. The summed E-state index contributed by atoms with van der Waals surface area (Å²) >= 11 is 1.22. The molecule has 0 bridgehead atoms. The maximum atomic E-state index is 12.9. The molecule has 0 saturated carbocycles. The number of nitriles is 1. The summed E-state index contributed by atoms with van der Waals surface area (Å²) in [6.07, 6.45) is 0. The number of anilines is 1. The van der Waals surface area contributed by atoms with Crippen LogP contribution in [0.25, 0.3) is 11.5 Å². The molecule has 1 amide bonds. The summed E-state index contributed by atoms with van der Waals surface area (Å²) in [4.78, 5) is 21.8. The molecule has 1 N–H and O–H groups in total. The van der Waals surface area contributed by atoms with E-state index in [2.05, 4.69) is 26.5 Å². The molecule has 0 aliphatic heterocycles. The average Bonchev–Trinajstić information content (AvgIpc) is 3.34. The van der Waals surface area contributed by atoms with Gasteiger partial charge in [0, 0.05) is 22.8 Å². The number of ether oxygens (including phenoxy) is 1. The normalized spacial score (nSPS) is 11.0. The van der Waals surface area contributed by atoms with Gasteiger partial charge in [-0.3, -0.25) is 9.36 Å². The predicted octanol–water partition coefficient (Wildman–Crippen LogP) is 4.07. The summed E-state index contributed by atoms with van der Waals surface area (Å²) in [5.41, 5.74) is 5.87. The van der Waals surface area contributed by atoms with Crippen molar-refractivity contribution in [1.82, 2.24) is 24.1 Å². The SMILES string of the molecule is COc1ccc(-n2c(C)c(C)c(C#N)c2NC(=O)CSc2nc3nc(C)c(C)c(C)n3n2)cc1. The van der Waals surface area contributed by atoms with Crippen LogP contribution in [0, 0.1) is 45.9 Å². The fraction of sp³-hybridized carbons (Fsp3) is 0.292. The number of carbonyl (C=O) groups is 1. The van der Waals surface area contributed by atoms with E-state index in [1.54, 1.807) is 11.6 Å². The smallest absolute Gasteiger partial charge is 0.253 e. The van der Waals surface area contributed by atoms with Gasteiger partial charge in [0.15, 0.2) is 0 Å². The molecule has 174 valence electrons. The van der Waals surface area contributed by atoms with Gasteiger partial charge in [-0.05, 0) is 70.0 Å². The van der Waals surface area contributed by atoms with Gasteiger partial charge in [-0.15, -0.1) is 5.10 Å². The Morgan fingerprint density at radius 2 is 1.79 bits per heavy atom. The molecule has 4 rings (SSSR count). The van der Waals surface area contributed by atoms with Crippen LogP contribution in [0.3, 0.4) is 0 Å². The number of rotatable bonds is 6. The molecule has 0 fully saturated rings. The van der Waals surface area contributed by atoms with Crippen LogP contribution in [0.5, 0.6) is 5.75 Å². The van der Waals surface area contributed by atoms with Crippen molar-refractivity contribution in [3.63, 3.8) is 0 Å². The standard InChI is InChI=1S/C24H25N7O2S/c1-13-15(3)26-23-28-24(29-31(23)17(13)5)34-12-21(32)27-22-20(11-25)14(2)16(4)30(22)18-7-9-19(33-6)10-8-18/h7-10H,12H2,1-6H3,(H,27,32). The third kappa shape index (κ3) is 4.10. The lowest BCUT2D eigenvalue weighted by Gasteiger charge is -2.13. The fourth-order valence-electron chi connectivity index (χ4n) is 3.71. The third-order valence-electron chi connectivity index (χ3n) is 5.99. The highest BCUT2D eigenvalue weighted by molar-refractivity contribution is 7.99. The van der Waals surface area contributed by atoms with E-state index in [-0.39, 0.29) is 11.7 Å². The van der Waals surface area contributed by atoms with Gasteiger partial charge in [0.1, 0.15) is 17.6 Å². The number of aryl methyl sites for hydroxylation is 2. The highest BCUT2D eigenvalue weighted by Crippen LogP contribution is 2.31. The van der Waals surface area contributed by atoms with E-state index in [9.17, 15) is 10.1 Å². The monoisotopic (exact) mass is 475 g/mol. The van der Waals surface area contributed by atoms with Crippen molar-refractivity contribution in [2.24, 2.45) is 0 Å². The highest BCUT2D eigenvalue weighted by atomic mass is 32.2. The minimum absolute atomic E-state index is 0.0879. The van der Waals surface area contributed by atoms with E-state index in [0.29, 0.717) is 22.3 Å². The maximum Gasteiger partial charge on any atom is 0.253 e. The first-order valence-electron chi connectivity index (χ1n) is 10.6. The van der Waals surface area contributed by atoms with E-state index in [0.717, 1.165) is 39.6 Å². The van der Waals surface area contributed by atoms with Crippen LogP contribution in [-0.2, 0) is 4.79 Å². The lowest BCUT2D eigenvalue weighted by Crippen LogP contribution is -2.17. The lowest BCUT2D eigenvalue weighted by molar-refractivity contribution is -0.113. The molecule has 0 radical (unpaired) electrons. The maximum absolute atomic E-state index is 12.9. The average molecular weight is 476 g/mol. The summed E-state index contributed by atoms with van der Waals surface area (Å²) in [6, 6.07) is 9.68. The number of hydrogen-bond donors (Lipinski definition) is 1. The predicted molar refractivity (Wildman–Crippen MR) is 131 cm³/mol. The van der Waals surface area contributed by atoms with E-state index >= 15 is 0 Å². The molecule has 0 saturated heterocycles. The molecule has 0 aliphatic carbocycles. The zero-order valence-electron chi connectivity index (χ0n) is 19.9. The molecule has 0 unspecified atom stereocenters. The second kappa shape index (κ2) is 9.19. The van der Waals surface area contributed by atoms with Crippen LogP contribution in [0.1, 0.15) is 33.8 Å². The van der Waals surface area contributed by atoms with Gasteiger partial charge in [-0.2, -0.15) is 10.2 Å². The summed E-state index contributed by atoms with van der Waals surface area (Å²) in [6.45, 7) is 9.69. The van der Waals surface area contributed by atoms with Gasteiger partial charge in [-0.1, -0.05) is 11.8 Å². The van der Waals surface area contributed by atoms with Crippen molar-refractivity contribution in [2.45, 2.75) is 39.8 Å². The van der Waals surface area contributed by atoms with Crippen molar-refractivity contribution >= 4 is 29.3 Å². The van der Waals surface area contributed by atoms with Crippen molar-refractivity contribution < 1.29 is 9.53 Å². The quantitative estimate of drug-likeness (QED) is 0.419. The molecule has 1 aromatic carbocycles. The first-order chi connectivity index (χ1) is 16.2. The van der Waals surface area contributed by atoms with Crippen LogP contribution in [0.4, 0.5) is 5.82 Å². The molecule has 3 heterocycles. The second-order valence-electron chi connectivity index (χ2n) is 7.93. The van der Waals surface area contributed by atoms with E-state index in [4.69, 9.17) is 4.74 Å². The molecule has 0 atom stereocenters. The van der Waals surface area contributed by atoms with Gasteiger partial charge in [0.05, 0.1) is 18.4 Å².